The van der Waals surface area contributed by atoms with Gasteiger partial charge in [-0.2, -0.15) is 18.3 Å². The van der Waals surface area contributed by atoms with E-state index in [0.29, 0.717) is 16.8 Å². The number of urea groups is 1. The predicted molar refractivity (Wildman–Crippen MR) is 135 cm³/mol. The predicted octanol–water partition coefficient (Wildman–Crippen LogP) is 4.41. The van der Waals surface area contributed by atoms with Gasteiger partial charge in [-0.3, -0.25) is 4.79 Å². The van der Waals surface area contributed by atoms with Gasteiger partial charge in [0.05, 0.1) is 12.1 Å². The van der Waals surface area contributed by atoms with Crippen LogP contribution in [0.3, 0.4) is 0 Å². The first-order chi connectivity index (χ1) is 19.0. The lowest BCUT2D eigenvalue weighted by Crippen LogP contribution is -2.35. The number of hydrogen-bond donors (Lipinski definition) is 3. The number of anilines is 1. The molecule has 3 N–H and O–H groups in total. The fourth-order valence-corrected chi connectivity index (χ4v) is 5.36. The molecule has 2 aromatic heterocycles. The smallest absolute Gasteiger partial charge is 0.391 e. The third-order valence-electron chi connectivity index (χ3n) is 7.10. The summed E-state index contributed by atoms with van der Waals surface area (Å²) in [7, 11) is 0. The van der Waals surface area contributed by atoms with Crippen LogP contribution in [0, 0.1) is 11.7 Å². The Labute approximate surface area is 228 Å². The third kappa shape index (κ3) is 4.50. The Balaban J connectivity index is 1.44. The second kappa shape index (κ2) is 9.45. The number of halogens is 5. The molecule has 40 heavy (non-hydrogen) atoms. The number of rotatable bonds is 3. The second-order valence-electron chi connectivity index (χ2n) is 9.59. The van der Waals surface area contributed by atoms with Gasteiger partial charge in [0.15, 0.2) is 5.65 Å². The molecule has 1 fully saturated rings. The molecule has 2 aliphatic rings. The number of nitrogens with one attached hydrogen (secondary N) is 2. The lowest BCUT2D eigenvalue weighted by molar-refractivity contribution is -0.188. The summed E-state index contributed by atoms with van der Waals surface area (Å²) in [6.45, 7) is -1.27. The molecule has 4 heterocycles. The average Bonchev–Trinajstić information content (AvgIpc) is 3.62. The average molecular weight is 575 g/mol. The van der Waals surface area contributed by atoms with Gasteiger partial charge < -0.3 is 20.6 Å². The van der Waals surface area contributed by atoms with Crippen molar-refractivity contribution in [1.29, 1.82) is 0 Å². The second-order valence-corrected chi connectivity index (χ2v) is 10.00. The molecule has 4 aromatic rings. The molecule has 3 atom stereocenters. The molecule has 0 radical (unpaired) electrons. The van der Waals surface area contributed by atoms with Crippen LogP contribution in [0.4, 0.5) is 28.0 Å². The number of carbonyl (C=O) groups excluding carboxylic acids is 2. The van der Waals surface area contributed by atoms with Crippen LogP contribution in [-0.4, -0.2) is 61.9 Å². The van der Waals surface area contributed by atoms with E-state index in [9.17, 15) is 32.3 Å². The Morgan fingerprint density at radius 2 is 1.93 bits per heavy atom. The van der Waals surface area contributed by atoms with E-state index in [1.807, 2.05) is 0 Å². The summed E-state index contributed by atoms with van der Waals surface area (Å²) >= 11 is 6.34. The number of amides is 3. The van der Waals surface area contributed by atoms with Gasteiger partial charge in [0.25, 0.3) is 5.91 Å². The Morgan fingerprint density at radius 1 is 1.12 bits per heavy atom. The molecule has 206 valence electrons. The van der Waals surface area contributed by atoms with E-state index < -0.39 is 55.1 Å². The number of aromatic nitrogens is 3. The Kier molecular flexibility index (Phi) is 6.15. The zero-order valence-corrected chi connectivity index (χ0v) is 21.0. The third-order valence-corrected chi connectivity index (χ3v) is 7.45. The maximum absolute atomic E-state index is 14.2. The van der Waals surface area contributed by atoms with E-state index in [1.165, 1.54) is 16.9 Å². The highest BCUT2D eigenvalue weighted by Crippen LogP contribution is 2.42. The summed E-state index contributed by atoms with van der Waals surface area (Å²) in [5, 5.41) is 19.6. The minimum Gasteiger partial charge on any atom is -0.391 e. The van der Waals surface area contributed by atoms with Crippen molar-refractivity contribution in [1.82, 2.24) is 24.8 Å². The molecule has 6 rings (SSSR count). The molecule has 0 spiro atoms. The fourth-order valence-electron chi connectivity index (χ4n) is 5.13. The van der Waals surface area contributed by atoms with Crippen molar-refractivity contribution in [2.24, 2.45) is 5.92 Å². The van der Waals surface area contributed by atoms with Gasteiger partial charge in [0, 0.05) is 52.3 Å². The van der Waals surface area contributed by atoms with Gasteiger partial charge >= 0.3 is 12.2 Å². The molecule has 9 nitrogen and oxygen atoms in total. The standard InChI is InChI=1S/C26H19ClF4N6O3/c27-18-3-2-14(28)7-15(18)23-22-16(24(39)35-23)5-13(12-1-4-21-32-11-33-37(21)8-12)6-19(22)34-25(40)36-9-17(20(38)10-36)26(29,30)31/h1-8,11,17,20,23,38H,9-10H2,(H,34,40)(H,35,39)/t17-,20-,23?/m0/s1. The van der Waals surface area contributed by atoms with Gasteiger partial charge in [-0.25, -0.2) is 18.7 Å². The summed E-state index contributed by atoms with van der Waals surface area (Å²) in [5.74, 6) is -3.21. The van der Waals surface area contributed by atoms with Crippen molar-refractivity contribution in [2.75, 3.05) is 18.4 Å². The Hall–Kier alpha value is -4.23. The summed E-state index contributed by atoms with van der Waals surface area (Å²) in [5.41, 5.74) is 2.42. The van der Waals surface area contributed by atoms with Crippen LogP contribution in [0.15, 0.2) is 55.0 Å². The van der Waals surface area contributed by atoms with E-state index in [4.69, 9.17) is 11.6 Å². The van der Waals surface area contributed by atoms with Crippen molar-refractivity contribution in [3.05, 3.63) is 82.5 Å². The van der Waals surface area contributed by atoms with Crippen LogP contribution >= 0.6 is 11.6 Å². The molecule has 2 aliphatic heterocycles. The van der Waals surface area contributed by atoms with Crippen LogP contribution in [0.5, 0.6) is 0 Å². The molecule has 2 aromatic carbocycles. The van der Waals surface area contributed by atoms with Crippen molar-refractivity contribution in [2.45, 2.75) is 18.3 Å². The van der Waals surface area contributed by atoms with E-state index in [2.05, 4.69) is 20.7 Å². The number of pyridine rings is 1. The molecule has 1 saturated heterocycles. The van der Waals surface area contributed by atoms with Crippen LogP contribution in [0.25, 0.3) is 16.8 Å². The van der Waals surface area contributed by atoms with E-state index in [0.717, 1.165) is 17.0 Å². The molecule has 14 heteroatoms. The minimum atomic E-state index is -4.69. The topological polar surface area (TPSA) is 112 Å². The van der Waals surface area contributed by atoms with E-state index >= 15 is 0 Å². The van der Waals surface area contributed by atoms with Gasteiger partial charge in [0.2, 0.25) is 0 Å². The minimum absolute atomic E-state index is 0.102. The molecule has 1 unspecified atom stereocenters. The lowest BCUT2D eigenvalue weighted by atomic mass is 9.93. The zero-order valence-electron chi connectivity index (χ0n) is 20.3. The number of carbonyl (C=O) groups is 2. The SMILES string of the molecule is O=C1NC(c2cc(F)ccc2Cl)c2c(NC(=O)N3C[C@H](O)[C@@H](C(F)(F)F)C3)cc(-c3ccc4ncnn4c3)cc21. The van der Waals surface area contributed by atoms with Crippen LogP contribution < -0.4 is 10.6 Å². The van der Waals surface area contributed by atoms with Gasteiger partial charge in [0.1, 0.15) is 18.1 Å². The summed E-state index contributed by atoms with van der Waals surface area (Å²) in [4.78, 5) is 31.3. The number of aliphatic hydroxyl groups excluding tert-OH is 1. The fraction of sp³-hybridized carbons (Fsp3) is 0.231. The summed E-state index contributed by atoms with van der Waals surface area (Å²) in [6.07, 6.45) is -3.44. The highest BCUT2D eigenvalue weighted by Gasteiger charge is 2.50. The highest BCUT2D eigenvalue weighted by atomic mass is 35.5. The number of hydrogen-bond acceptors (Lipinski definition) is 5. The number of benzene rings is 2. The first-order valence-corrected chi connectivity index (χ1v) is 12.4. The largest absolute Gasteiger partial charge is 0.396 e. The highest BCUT2D eigenvalue weighted by molar-refractivity contribution is 6.31. The van der Waals surface area contributed by atoms with Crippen LogP contribution in [-0.2, 0) is 0 Å². The maximum atomic E-state index is 14.2. The monoisotopic (exact) mass is 574 g/mol. The van der Waals surface area contributed by atoms with E-state index in [1.54, 1.807) is 30.5 Å². The molecular weight excluding hydrogens is 556 g/mol. The molecular formula is C26H19ClF4N6O3. The van der Waals surface area contributed by atoms with E-state index in [-0.39, 0.29) is 27.4 Å². The molecule has 0 bridgehead atoms. The maximum Gasteiger partial charge on any atom is 0.396 e. The van der Waals surface area contributed by atoms with Crippen LogP contribution in [0.1, 0.15) is 27.5 Å². The van der Waals surface area contributed by atoms with Crippen molar-refractivity contribution >= 4 is 34.9 Å². The number of fused-ring (bicyclic) bond motifs is 2. The van der Waals surface area contributed by atoms with Crippen molar-refractivity contribution in [3.8, 4) is 11.1 Å². The summed E-state index contributed by atoms with van der Waals surface area (Å²) < 4.78 is 55.6. The number of nitrogens with zero attached hydrogens (tertiary/aromatic N) is 4. The first-order valence-electron chi connectivity index (χ1n) is 12.0. The number of alkyl halides is 3. The normalized spacial score (nSPS) is 20.6. The molecule has 3 amide bonds. The Morgan fingerprint density at radius 3 is 2.67 bits per heavy atom. The molecule has 0 saturated carbocycles. The van der Waals surface area contributed by atoms with Gasteiger partial charge in [-0.15, -0.1) is 0 Å². The number of aliphatic hydroxyl groups is 1. The number of β-amino-alcohol motifs (C(OH)–C–C–N with tert-alkyl or cyclic N) is 1. The van der Waals surface area contributed by atoms with Gasteiger partial charge in [-0.1, -0.05) is 11.6 Å². The van der Waals surface area contributed by atoms with Gasteiger partial charge in [-0.05, 0) is 48.0 Å². The van der Waals surface area contributed by atoms with Crippen molar-refractivity contribution < 1.29 is 32.3 Å². The Bertz CT molecular complexity index is 1680. The van der Waals surface area contributed by atoms with Crippen molar-refractivity contribution in [3.63, 3.8) is 0 Å². The summed E-state index contributed by atoms with van der Waals surface area (Å²) in [6, 6.07) is 8.37. The first kappa shape index (κ1) is 26.0. The lowest BCUT2D eigenvalue weighted by Gasteiger charge is -2.22. The quantitative estimate of drug-likeness (QED) is 0.314. The zero-order chi connectivity index (χ0) is 28.3. The molecule has 0 aliphatic carbocycles. The van der Waals surface area contributed by atoms with Crippen LogP contribution in [0.2, 0.25) is 5.02 Å². The number of likely N-dealkylation sites (tertiary alicyclic amines) is 1.